The van der Waals surface area contributed by atoms with E-state index in [1.54, 1.807) is 11.3 Å². The van der Waals surface area contributed by atoms with Crippen LogP contribution in [-0.2, 0) is 11.3 Å². The van der Waals surface area contributed by atoms with E-state index in [0.717, 1.165) is 17.2 Å². The first-order valence-corrected chi connectivity index (χ1v) is 8.30. The molecule has 0 aliphatic rings. The maximum absolute atomic E-state index is 11.9. The van der Waals surface area contributed by atoms with Crippen molar-refractivity contribution < 1.29 is 4.79 Å². The molecule has 0 radical (unpaired) electrons. The molecule has 0 saturated carbocycles. The van der Waals surface area contributed by atoms with Crippen molar-refractivity contribution in [1.29, 1.82) is 0 Å². The van der Waals surface area contributed by atoms with Gasteiger partial charge in [-0.15, -0.1) is 11.3 Å². The van der Waals surface area contributed by atoms with Crippen molar-refractivity contribution in [3.63, 3.8) is 0 Å². The van der Waals surface area contributed by atoms with Crippen LogP contribution in [-0.4, -0.2) is 47.4 Å². The lowest BCUT2D eigenvalue weighted by molar-refractivity contribution is -0.121. The van der Waals surface area contributed by atoms with E-state index in [9.17, 15) is 4.79 Å². The minimum atomic E-state index is -0.241. The van der Waals surface area contributed by atoms with E-state index in [4.69, 9.17) is 0 Å². The average Bonchev–Trinajstić information content (AvgIpc) is 2.77. The molecular weight excluding hydrogens is 298 g/mol. The molecule has 0 aliphatic heterocycles. The Morgan fingerprint density at radius 1 is 1.45 bits per heavy atom. The fourth-order valence-corrected chi connectivity index (χ4v) is 2.48. The minimum absolute atomic E-state index is 0.0826. The van der Waals surface area contributed by atoms with E-state index < -0.39 is 0 Å². The van der Waals surface area contributed by atoms with E-state index in [-0.39, 0.29) is 18.0 Å². The van der Waals surface area contributed by atoms with Gasteiger partial charge in [-0.1, -0.05) is 0 Å². The largest absolute Gasteiger partial charge is 0.357 e. The number of hydrogen-bond acceptors (Lipinski definition) is 4. The second-order valence-corrected chi connectivity index (χ2v) is 7.24. The highest BCUT2D eigenvalue weighted by atomic mass is 32.1. The highest BCUT2D eigenvalue weighted by Gasteiger charge is 2.14. The van der Waals surface area contributed by atoms with Gasteiger partial charge in [-0.05, 0) is 34.6 Å². The number of hydrogen-bond donors (Lipinski definition) is 2. The molecule has 0 spiro atoms. The fraction of sp³-hybridized carbons (Fsp3) is 0.667. The summed E-state index contributed by atoms with van der Waals surface area (Å²) in [4.78, 5) is 22.7. The van der Waals surface area contributed by atoms with Gasteiger partial charge >= 0.3 is 0 Å². The van der Waals surface area contributed by atoms with Crippen LogP contribution in [0, 0.1) is 6.92 Å². The molecule has 1 heterocycles. The van der Waals surface area contributed by atoms with E-state index in [2.05, 4.69) is 20.6 Å². The summed E-state index contributed by atoms with van der Waals surface area (Å²) >= 11 is 1.63. The SMILES string of the molecule is CCNC(=NCC(=O)NC(C)(C)C)N(C)Cc1csc(C)n1. The van der Waals surface area contributed by atoms with Crippen molar-refractivity contribution >= 4 is 23.2 Å². The Morgan fingerprint density at radius 3 is 2.64 bits per heavy atom. The van der Waals surface area contributed by atoms with Gasteiger partial charge in [-0.3, -0.25) is 4.79 Å². The lowest BCUT2D eigenvalue weighted by atomic mass is 10.1. The molecule has 0 saturated heterocycles. The summed E-state index contributed by atoms with van der Waals surface area (Å²) in [5.41, 5.74) is 0.768. The van der Waals surface area contributed by atoms with Crippen LogP contribution in [0.1, 0.15) is 38.4 Å². The van der Waals surface area contributed by atoms with Crippen LogP contribution in [0.2, 0.25) is 0 Å². The molecule has 0 bridgehead atoms. The van der Waals surface area contributed by atoms with Crippen LogP contribution in [0.25, 0.3) is 0 Å². The third kappa shape index (κ3) is 6.89. The fourth-order valence-electron chi connectivity index (χ4n) is 1.87. The normalized spacial score (nSPS) is 12.2. The predicted molar refractivity (Wildman–Crippen MR) is 92.2 cm³/mol. The quantitative estimate of drug-likeness (QED) is 0.639. The average molecular weight is 325 g/mol. The first-order valence-electron chi connectivity index (χ1n) is 7.42. The summed E-state index contributed by atoms with van der Waals surface area (Å²) < 4.78 is 0. The summed E-state index contributed by atoms with van der Waals surface area (Å²) in [5.74, 6) is 0.623. The number of amides is 1. The lowest BCUT2D eigenvalue weighted by Gasteiger charge is -2.22. The number of aromatic nitrogens is 1. The second kappa shape index (κ2) is 8.12. The predicted octanol–water partition coefficient (Wildman–Crippen LogP) is 1.76. The molecule has 1 amide bonds. The van der Waals surface area contributed by atoms with Crippen molar-refractivity contribution in [1.82, 2.24) is 20.5 Å². The Hall–Kier alpha value is -1.63. The van der Waals surface area contributed by atoms with Crippen LogP contribution in [0.4, 0.5) is 0 Å². The Labute approximate surface area is 137 Å². The van der Waals surface area contributed by atoms with E-state index in [0.29, 0.717) is 12.5 Å². The number of rotatable bonds is 5. The molecule has 0 aliphatic carbocycles. The van der Waals surface area contributed by atoms with E-state index in [1.807, 2.05) is 51.9 Å². The smallest absolute Gasteiger partial charge is 0.242 e. The molecule has 7 heteroatoms. The third-order valence-electron chi connectivity index (χ3n) is 2.65. The molecular formula is C15H27N5OS. The zero-order valence-electron chi connectivity index (χ0n) is 14.4. The molecule has 2 N–H and O–H groups in total. The first-order chi connectivity index (χ1) is 10.2. The van der Waals surface area contributed by atoms with Crippen molar-refractivity contribution in [2.24, 2.45) is 4.99 Å². The molecule has 0 atom stereocenters. The molecule has 0 unspecified atom stereocenters. The summed E-state index contributed by atoms with van der Waals surface area (Å²) in [6.45, 7) is 11.4. The molecule has 1 aromatic heterocycles. The summed E-state index contributed by atoms with van der Waals surface area (Å²) in [6.07, 6.45) is 0. The number of aliphatic imine (C=N–C) groups is 1. The molecule has 0 aromatic carbocycles. The Bertz CT molecular complexity index is 518. The highest BCUT2D eigenvalue weighted by Crippen LogP contribution is 2.09. The van der Waals surface area contributed by atoms with Gasteiger partial charge < -0.3 is 15.5 Å². The van der Waals surface area contributed by atoms with E-state index >= 15 is 0 Å². The summed E-state index contributed by atoms with van der Waals surface area (Å²) in [7, 11) is 1.94. The highest BCUT2D eigenvalue weighted by molar-refractivity contribution is 7.09. The van der Waals surface area contributed by atoms with Gasteiger partial charge in [-0.25, -0.2) is 9.98 Å². The van der Waals surface area contributed by atoms with Gasteiger partial charge in [0.15, 0.2) is 5.96 Å². The van der Waals surface area contributed by atoms with Crippen molar-refractivity contribution in [2.75, 3.05) is 20.1 Å². The van der Waals surface area contributed by atoms with Gasteiger partial charge in [0.05, 0.1) is 17.2 Å². The van der Waals surface area contributed by atoms with Gasteiger partial charge in [0.2, 0.25) is 5.91 Å². The number of thiazole rings is 1. The van der Waals surface area contributed by atoms with Gasteiger partial charge in [0.1, 0.15) is 6.54 Å². The maximum atomic E-state index is 11.9. The molecule has 6 nitrogen and oxygen atoms in total. The van der Waals surface area contributed by atoms with Crippen molar-refractivity contribution in [3.8, 4) is 0 Å². The molecule has 124 valence electrons. The second-order valence-electron chi connectivity index (χ2n) is 6.18. The molecule has 22 heavy (non-hydrogen) atoms. The van der Waals surface area contributed by atoms with Crippen LogP contribution < -0.4 is 10.6 Å². The summed E-state index contributed by atoms with van der Waals surface area (Å²) in [5, 5.41) is 9.20. The number of nitrogens with one attached hydrogen (secondary N) is 2. The lowest BCUT2D eigenvalue weighted by Crippen LogP contribution is -2.43. The maximum Gasteiger partial charge on any atom is 0.242 e. The van der Waals surface area contributed by atoms with Crippen LogP contribution >= 0.6 is 11.3 Å². The molecule has 1 rings (SSSR count). The Kier molecular flexibility index (Phi) is 6.80. The molecule has 0 fully saturated rings. The Balaban J connectivity index is 2.66. The zero-order valence-corrected chi connectivity index (χ0v) is 15.2. The third-order valence-corrected chi connectivity index (χ3v) is 3.47. The van der Waals surface area contributed by atoms with Crippen LogP contribution in [0.3, 0.4) is 0 Å². The van der Waals surface area contributed by atoms with Crippen molar-refractivity contribution in [3.05, 3.63) is 16.1 Å². The summed E-state index contributed by atoms with van der Waals surface area (Å²) in [6, 6.07) is 0. The number of guanidine groups is 1. The number of carbonyl (C=O) groups is 1. The zero-order chi connectivity index (χ0) is 16.8. The van der Waals surface area contributed by atoms with Crippen molar-refractivity contribution in [2.45, 2.75) is 46.7 Å². The molecule has 1 aromatic rings. The Morgan fingerprint density at radius 2 is 2.14 bits per heavy atom. The number of aryl methyl sites for hydroxylation is 1. The van der Waals surface area contributed by atoms with Gasteiger partial charge in [0, 0.05) is 24.5 Å². The monoisotopic (exact) mass is 325 g/mol. The number of nitrogens with zero attached hydrogens (tertiary/aromatic N) is 3. The van der Waals surface area contributed by atoms with Gasteiger partial charge in [-0.2, -0.15) is 0 Å². The topological polar surface area (TPSA) is 69.6 Å². The number of carbonyl (C=O) groups excluding carboxylic acids is 1. The van der Waals surface area contributed by atoms with E-state index in [1.165, 1.54) is 0 Å². The minimum Gasteiger partial charge on any atom is -0.357 e. The van der Waals surface area contributed by atoms with Crippen LogP contribution in [0.15, 0.2) is 10.4 Å². The van der Waals surface area contributed by atoms with Crippen LogP contribution in [0.5, 0.6) is 0 Å². The first kappa shape index (κ1) is 18.4. The van der Waals surface area contributed by atoms with Gasteiger partial charge in [0.25, 0.3) is 0 Å². The standard InChI is InChI=1S/C15H27N5OS/c1-7-16-14(17-8-13(21)19-15(3,4)5)20(6)9-12-10-22-11(2)18-12/h10H,7-9H2,1-6H3,(H,16,17)(H,19,21).